The van der Waals surface area contributed by atoms with E-state index in [0.29, 0.717) is 17.9 Å². The Morgan fingerprint density at radius 2 is 1.94 bits per heavy atom. The molecular weight excluding hydrogens is 212 g/mol. The summed E-state index contributed by atoms with van der Waals surface area (Å²) in [5.41, 5.74) is -0.204. The monoisotopic (exact) mass is 238 g/mol. The third-order valence-corrected chi connectivity index (χ3v) is 4.29. The summed E-state index contributed by atoms with van der Waals surface area (Å²) in [7, 11) is 0. The van der Waals surface area contributed by atoms with E-state index in [1.54, 1.807) is 0 Å². The van der Waals surface area contributed by atoms with E-state index in [9.17, 15) is 4.79 Å². The van der Waals surface area contributed by atoms with E-state index in [0.717, 1.165) is 19.3 Å². The van der Waals surface area contributed by atoms with E-state index in [-0.39, 0.29) is 11.7 Å². The van der Waals surface area contributed by atoms with Crippen molar-refractivity contribution in [1.29, 1.82) is 0 Å². The van der Waals surface area contributed by atoms with Crippen LogP contribution in [0.25, 0.3) is 0 Å². The van der Waals surface area contributed by atoms with Gasteiger partial charge in [-0.2, -0.15) is 0 Å². The second-order valence-electron chi connectivity index (χ2n) is 6.30. The van der Waals surface area contributed by atoms with Gasteiger partial charge in [0.25, 0.3) is 0 Å². The molecule has 1 aliphatic heterocycles. The summed E-state index contributed by atoms with van der Waals surface area (Å²) < 4.78 is 0. The molecule has 3 heteroatoms. The highest BCUT2D eigenvalue weighted by Gasteiger charge is 2.51. The summed E-state index contributed by atoms with van der Waals surface area (Å²) in [6, 6.07) is 0.352. The average Bonchev–Trinajstić information content (AvgIpc) is 2.74. The Balaban J connectivity index is 2.11. The van der Waals surface area contributed by atoms with Gasteiger partial charge in [0.2, 0.25) is 5.91 Å². The lowest BCUT2D eigenvalue weighted by Gasteiger charge is -2.30. The Morgan fingerprint density at radius 3 is 2.47 bits per heavy atom. The molecule has 98 valence electrons. The topological polar surface area (TPSA) is 32.3 Å². The van der Waals surface area contributed by atoms with Crippen molar-refractivity contribution in [1.82, 2.24) is 10.2 Å². The standard InChI is InChI=1S/C14H26N2O/c1-10(2)9-11(3)16-12(4)15-14(13(16)17)7-5-6-8-14/h10-12,15H,5-9H2,1-4H3. The van der Waals surface area contributed by atoms with Crippen LogP contribution < -0.4 is 5.32 Å². The smallest absolute Gasteiger partial charge is 0.244 e. The van der Waals surface area contributed by atoms with Crippen molar-refractivity contribution < 1.29 is 4.79 Å². The Labute approximate surface area is 105 Å². The van der Waals surface area contributed by atoms with Crippen molar-refractivity contribution in [2.75, 3.05) is 0 Å². The number of carbonyl (C=O) groups is 1. The van der Waals surface area contributed by atoms with Gasteiger partial charge in [-0.3, -0.25) is 10.1 Å². The fourth-order valence-corrected chi connectivity index (χ4v) is 3.67. The van der Waals surface area contributed by atoms with Gasteiger partial charge in [-0.25, -0.2) is 0 Å². The van der Waals surface area contributed by atoms with Crippen LogP contribution in [0.4, 0.5) is 0 Å². The van der Waals surface area contributed by atoms with Gasteiger partial charge in [0.15, 0.2) is 0 Å². The molecule has 1 saturated heterocycles. The van der Waals surface area contributed by atoms with Crippen LogP contribution in [0.15, 0.2) is 0 Å². The molecule has 2 aliphatic rings. The third kappa shape index (κ3) is 2.22. The van der Waals surface area contributed by atoms with E-state index in [1.807, 2.05) is 0 Å². The first-order valence-corrected chi connectivity index (χ1v) is 7.07. The van der Waals surface area contributed by atoms with Crippen molar-refractivity contribution in [3.8, 4) is 0 Å². The molecule has 2 atom stereocenters. The molecule has 1 saturated carbocycles. The quantitative estimate of drug-likeness (QED) is 0.819. The molecule has 2 unspecified atom stereocenters. The van der Waals surface area contributed by atoms with E-state index < -0.39 is 0 Å². The maximum absolute atomic E-state index is 12.6. The molecular formula is C14H26N2O. The Bertz CT molecular complexity index is 295. The first kappa shape index (κ1) is 12.9. The van der Waals surface area contributed by atoms with E-state index >= 15 is 0 Å². The third-order valence-electron chi connectivity index (χ3n) is 4.29. The number of rotatable bonds is 3. The van der Waals surface area contributed by atoms with Crippen LogP contribution in [0.2, 0.25) is 0 Å². The fourth-order valence-electron chi connectivity index (χ4n) is 3.67. The van der Waals surface area contributed by atoms with Crippen LogP contribution in [0.1, 0.15) is 59.8 Å². The Morgan fingerprint density at radius 1 is 1.35 bits per heavy atom. The summed E-state index contributed by atoms with van der Waals surface area (Å²) >= 11 is 0. The highest BCUT2D eigenvalue weighted by atomic mass is 16.2. The summed E-state index contributed by atoms with van der Waals surface area (Å²) in [6.45, 7) is 8.76. The van der Waals surface area contributed by atoms with E-state index in [4.69, 9.17) is 0 Å². The minimum Gasteiger partial charge on any atom is -0.323 e. The molecule has 0 radical (unpaired) electrons. The zero-order valence-corrected chi connectivity index (χ0v) is 11.6. The molecule has 0 bridgehead atoms. The molecule has 1 heterocycles. The Hall–Kier alpha value is -0.570. The van der Waals surface area contributed by atoms with Gasteiger partial charge in [0.1, 0.15) is 0 Å². The predicted octanol–water partition coefficient (Wildman–Crippen LogP) is 2.51. The summed E-state index contributed by atoms with van der Waals surface area (Å²) in [6.07, 6.45) is 5.74. The molecule has 0 aromatic heterocycles. The van der Waals surface area contributed by atoms with Crippen molar-refractivity contribution in [3.63, 3.8) is 0 Å². The van der Waals surface area contributed by atoms with Crippen molar-refractivity contribution in [2.24, 2.45) is 5.92 Å². The number of amides is 1. The van der Waals surface area contributed by atoms with Crippen LogP contribution in [0.5, 0.6) is 0 Å². The van der Waals surface area contributed by atoms with Gasteiger partial charge in [0, 0.05) is 6.04 Å². The first-order chi connectivity index (χ1) is 7.96. The maximum atomic E-state index is 12.6. The van der Waals surface area contributed by atoms with Gasteiger partial charge >= 0.3 is 0 Å². The molecule has 17 heavy (non-hydrogen) atoms. The molecule has 0 aromatic rings. The second-order valence-corrected chi connectivity index (χ2v) is 6.30. The number of nitrogens with one attached hydrogen (secondary N) is 1. The number of carbonyl (C=O) groups excluding carboxylic acids is 1. The maximum Gasteiger partial charge on any atom is 0.244 e. The molecule has 2 fully saturated rings. The minimum atomic E-state index is -0.204. The Kier molecular flexibility index (Phi) is 3.48. The predicted molar refractivity (Wildman–Crippen MR) is 69.6 cm³/mol. The lowest BCUT2D eigenvalue weighted by atomic mass is 9.96. The normalized spacial score (nSPS) is 29.6. The van der Waals surface area contributed by atoms with Gasteiger partial charge in [-0.05, 0) is 39.0 Å². The van der Waals surface area contributed by atoms with E-state index in [2.05, 4.69) is 37.9 Å². The summed E-state index contributed by atoms with van der Waals surface area (Å²) in [5, 5.41) is 3.56. The lowest BCUT2D eigenvalue weighted by Crippen LogP contribution is -2.45. The zero-order valence-electron chi connectivity index (χ0n) is 11.6. The van der Waals surface area contributed by atoms with E-state index in [1.165, 1.54) is 12.8 Å². The molecule has 0 aromatic carbocycles. The first-order valence-electron chi connectivity index (χ1n) is 7.07. The molecule has 1 aliphatic carbocycles. The van der Waals surface area contributed by atoms with Crippen LogP contribution in [-0.2, 0) is 4.79 Å². The van der Waals surface area contributed by atoms with Crippen LogP contribution in [0, 0.1) is 5.92 Å². The molecule has 1 N–H and O–H groups in total. The van der Waals surface area contributed by atoms with Gasteiger partial charge in [0.05, 0.1) is 11.7 Å². The largest absolute Gasteiger partial charge is 0.323 e. The second kappa shape index (κ2) is 4.60. The highest BCUT2D eigenvalue weighted by molar-refractivity contribution is 5.89. The SMILES string of the molecule is CC(C)CC(C)N1C(=O)C2(CCCC2)NC1C. The van der Waals surface area contributed by atoms with Crippen molar-refractivity contribution in [3.05, 3.63) is 0 Å². The van der Waals surface area contributed by atoms with Gasteiger partial charge in [-0.15, -0.1) is 0 Å². The molecule has 1 amide bonds. The zero-order chi connectivity index (χ0) is 12.6. The number of hydrogen-bond acceptors (Lipinski definition) is 2. The highest BCUT2D eigenvalue weighted by Crippen LogP contribution is 2.37. The average molecular weight is 238 g/mol. The summed E-state index contributed by atoms with van der Waals surface area (Å²) in [4.78, 5) is 14.7. The number of nitrogens with zero attached hydrogens (tertiary/aromatic N) is 1. The fraction of sp³-hybridized carbons (Fsp3) is 0.929. The molecule has 3 nitrogen and oxygen atoms in total. The summed E-state index contributed by atoms with van der Waals surface area (Å²) in [5.74, 6) is 1.00. The van der Waals surface area contributed by atoms with Gasteiger partial charge in [-0.1, -0.05) is 26.7 Å². The van der Waals surface area contributed by atoms with Crippen LogP contribution >= 0.6 is 0 Å². The molecule has 2 rings (SSSR count). The van der Waals surface area contributed by atoms with Crippen LogP contribution in [-0.4, -0.2) is 28.6 Å². The van der Waals surface area contributed by atoms with Crippen molar-refractivity contribution in [2.45, 2.75) is 77.5 Å². The lowest BCUT2D eigenvalue weighted by molar-refractivity contribution is -0.135. The van der Waals surface area contributed by atoms with Crippen molar-refractivity contribution >= 4 is 5.91 Å². The minimum absolute atomic E-state index is 0.203. The molecule has 1 spiro atoms. The number of hydrogen-bond donors (Lipinski definition) is 1. The van der Waals surface area contributed by atoms with Gasteiger partial charge < -0.3 is 4.90 Å². The van der Waals surface area contributed by atoms with Crippen LogP contribution in [0.3, 0.4) is 0 Å².